The van der Waals surface area contributed by atoms with E-state index in [2.05, 4.69) is 36.0 Å². The van der Waals surface area contributed by atoms with E-state index in [1.165, 1.54) is 5.56 Å². The standard InChI is InChI=1S/C19H32N2O3S/c1-14(10-16-6-9-25-13-16)20-15(2)11-17-12-23-8-7-21(17)18(22)24-19(3,4)5/h6,9,13-15,17,20H,7-8,10-12H2,1-5H3. The fourth-order valence-corrected chi connectivity index (χ4v) is 3.88. The molecule has 25 heavy (non-hydrogen) atoms. The van der Waals surface area contributed by atoms with Gasteiger partial charge in [-0.2, -0.15) is 11.3 Å². The molecule has 1 saturated heterocycles. The summed E-state index contributed by atoms with van der Waals surface area (Å²) in [4.78, 5) is 14.3. The van der Waals surface area contributed by atoms with Crippen molar-refractivity contribution < 1.29 is 14.3 Å². The third-order valence-corrected chi connectivity index (χ3v) is 4.90. The smallest absolute Gasteiger partial charge is 0.410 e. The van der Waals surface area contributed by atoms with Gasteiger partial charge in [0.05, 0.1) is 19.3 Å². The molecule has 1 aliphatic heterocycles. The number of morpholine rings is 1. The molecule has 0 aromatic carbocycles. The van der Waals surface area contributed by atoms with Crippen LogP contribution in [-0.2, 0) is 15.9 Å². The minimum Gasteiger partial charge on any atom is -0.444 e. The number of amides is 1. The quantitative estimate of drug-likeness (QED) is 0.832. The Morgan fingerprint density at radius 1 is 1.44 bits per heavy atom. The minimum atomic E-state index is -0.473. The lowest BCUT2D eigenvalue weighted by Gasteiger charge is -2.38. The summed E-state index contributed by atoms with van der Waals surface area (Å²) < 4.78 is 11.2. The third kappa shape index (κ3) is 6.96. The van der Waals surface area contributed by atoms with Crippen molar-refractivity contribution in [3.63, 3.8) is 0 Å². The number of ether oxygens (including phenoxy) is 2. The van der Waals surface area contributed by atoms with Crippen LogP contribution in [0, 0.1) is 0 Å². The van der Waals surface area contributed by atoms with Crippen LogP contribution in [0.2, 0.25) is 0 Å². The lowest BCUT2D eigenvalue weighted by molar-refractivity contribution is -0.0357. The van der Waals surface area contributed by atoms with E-state index in [-0.39, 0.29) is 12.1 Å². The molecule has 6 heteroatoms. The Morgan fingerprint density at radius 3 is 2.84 bits per heavy atom. The Morgan fingerprint density at radius 2 is 2.20 bits per heavy atom. The van der Waals surface area contributed by atoms with Crippen LogP contribution in [0.25, 0.3) is 0 Å². The van der Waals surface area contributed by atoms with E-state index in [4.69, 9.17) is 9.47 Å². The highest BCUT2D eigenvalue weighted by Gasteiger charge is 2.32. The van der Waals surface area contributed by atoms with Crippen molar-refractivity contribution in [2.24, 2.45) is 0 Å². The Labute approximate surface area is 155 Å². The SMILES string of the molecule is CC(Cc1ccsc1)NC(C)CC1COCCN1C(=O)OC(C)(C)C. The summed E-state index contributed by atoms with van der Waals surface area (Å²) in [5, 5.41) is 7.95. The van der Waals surface area contributed by atoms with E-state index in [0.717, 1.165) is 12.8 Å². The van der Waals surface area contributed by atoms with Gasteiger partial charge in [0, 0.05) is 18.6 Å². The van der Waals surface area contributed by atoms with Crippen molar-refractivity contribution in [1.29, 1.82) is 0 Å². The van der Waals surface area contributed by atoms with Gasteiger partial charge in [0.2, 0.25) is 0 Å². The van der Waals surface area contributed by atoms with E-state index in [9.17, 15) is 4.79 Å². The van der Waals surface area contributed by atoms with Gasteiger partial charge in [-0.05, 0) is 69.9 Å². The molecule has 0 radical (unpaired) electrons. The van der Waals surface area contributed by atoms with Crippen LogP contribution in [0.5, 0.6) is 0 Å². The van der Waals surface area contributed by atoms with Gasteiger partial charge >= 0.3 is 6.09 Å². The van der Waals surface area contributed by atoms with Crippen LogP contribution in [0.1, 0.15) is 46.6 Å². The Balaban J connectivity index is 1.85. The second kappa shape index (κ2) is 9.01. The number of hydrogen-bond acceptors (Lipinski definition) is 5. The van der Waals surface area contributed by atoms with Crippen LogP contribution >= 0.6 is 11.3 Å². The number of carbonyl (C=O) groups excluding carboxylic acids is 1. The maximum Gasteiger partial charge on any atom is 0.410 e. The maximum atomic E-state index is 12.5. The summed E-state index contributed by atoms with van der Waals surface area (Å²) in [7, 11) is 0. The van der Waals surface area contributed by atoms with Crippen LogP contribution in [-0.4, -0.2) is 54.5 Å². The molecule has 2 heterocycles. The van der Waals surface area contributed by atoms with E-state index in [1.807, 2.05) is 25.7 Å². The van der Waals surface area contributed by atoms with Crippen LogP contribution in [0.4, 0.5) is 4.79 Å². The van der Waals surface area contributed by atoms with Gasteiger partial charge in [-0.25, -0.2) is 4.79 Å². The van der Waals surface area contributed by atoms with Crippen molar-refractivity contribution in [2.75, 3.05) is 19.8 Å². The maximum absolute atomic E-state index is 12.5. The topological polar surface area (TPSA) is 50.8 Å². The summed E-state index contributed by atoms with van der Waals surface area (Å²) in [5.41, 5.74) is 0.896. The molecule has 1 aromatic rings. The van der Waals surface area contributed by atoms with Gasteiger partial charge in [0.25, 0.3) is 0 Å². The van der Waals surface area contributed by atoms with Crippen molar-refractivity contribution >= 4 is 17.4 Å². The van der Waals surface area contributed by atoms with E-state index in [0.29, 0.717) is 31.8 Å². The first-order chi connectivity index (χ1) is 11.7. The summed E-state index contributed by atoms with van der Waals surface area (Å²) in [6, 6.07) is 2.92. The molecule has 3 atom stereocenters. The number of thiophene rings is 1. The summed E-state index contributed by atoms with van der Waals surface area (Å²) in [6.07, 6.45) is 1.64. The van der Waals surface area contributed by atoms with Crippen LogP contribution in [0.3, 0.4) is 0 Å². The van der Waals surface area contributed by atoms with E-state index >= 15 is 0 Å². The van der Waals surface area contributed by atoms with Crippen molar-refractivity contribution in [1.82, 2.24) is 10.2 Å². The van der Waals surface area contributed by atoms with Gasteiger partial charge in [-0.1, -0.05) is 0 Å². The third-order valence-electron chi connectivity index (χ3n) is 4.17. The molecular weight excluding hydrogens is 336 g/mol. The number of hydrogen-bond donors (Lipinski definition) is 1. The number of rotatable bonds is 6. The largest absolute Gasteiger partial charge is 0.444 e. The lowest BCUT2D eigenvalue weighted by atomic mass is 10.0. The molecule has 5 nitrogen and oxygen atoms in total. The Kier molecular flexibility index (Phi) is 7.28. The fourth-order valence-electron chi connectivity index (χ4n) is 3.19. The average molecular weight is 369 g/mol. The minimum absolute atomic E-state index is 0.0550. The second-order valence-electron chi connectivity index (χ2n) is 7.94. The first-order valence-corrected chi connectivity index (χ1v) is 10.0. The van der Waals surface area contributed by atoms with Gasteiger partial charge in [0.15, 0.2) is 0 Å². The molecule has 0 spiro atoms. The summed E-state index contributed by atoms with van der Waals surface area (Å²) >= 11 is 1.73. The predicted octanol–water partition coefficient (Wildman–Crippen LogP) is 3.68. The molecule has 1 fully saturated rings. The Bertz CT molecular complexity index is 527. The molecule has 1 N–H and O–H groups in total. The van der Waals surface area contributed by atoms with E-state index in [1.54, 1.807) is 11.3 Å². The van der Waals surface area contributed by atoms with Gasteiger partial charge in [-0.15, -0.1) is 0 Å². The zero-order valence-corrected chi connectivity index (χ0v) is 16.9. The van der Waals surface area contributed by atoms with Gasteiger partial charge < -0.3 is 19.7 Å². The van der Waals surface area contributed by atoms with Gasteiger partial charge in [0.1, 0.15) is 5.60 Å². The number of nitrogens with one attached hydrogen (secondary N) is 1. The second-order valence-corrected chi connectivity index (χ2v) is 8.72. The molecule has 0 bridgehead atoms. The molecule has 1 amide bonds. The Hall–Kier alpha value is -1.11. The van der Waals surface area contributed by atoms with Crippen LogP contribution in [0.15, 0.2) is 16.8 Å². The van der Waals surface area contributed by atoms with Crippen molar-refractivity contribution in [3.8, 4) is 0 Å². The molecule has 3 unspecified atom stereocenters. The number of carbonyl (C=O) groups is 1. The molecule has 1 aliphatic rings. The monoisotopic (exact) mass is 368 g/mol. The molecule has 142 valence electrons. The highest BCUT2D eigenvalue weighted by Crippen LogP contribution is 2.18. The summed E-state index contributed by atoms with van der Waals surface area (Å²) in [6.45, 7) is 11.8. The molecule has 0 saturated carbocycles. The lowest BCUT2D eigenvalue weighted by Crippen LogP contribution is -2.52. The first-order valence-electron chi connectivity index (χ1n) is 9.09. The molecule has 1 aromatic heterocycles. The average Bonchev–Trinajstić information content (AvgIpc) is 2.98. The summed E-state index contributed by atoms with van der Waals surface area (Å²) in [5.74, 6) is 0. The highest BCUT2D eigenvalue weighted by molar-refractivity contribution is 7.07. The molecular formula is C19H32N2O3S. The highest BCUT2D eigenvalue weighted by atomic mass is 32.1. The van der Waals surface area contributed by atoms with Crippen molar-refractivity contribution in [2.45, 2.75) is 71.2 Å². The molecule has 0 aliphatic carbocycles. The first kappa shape index (κ1) is 20.2. The predicted molar refractivity (Wildman–Crippen MR) is 102 cm³/mol. The van der Waals surface area contributed by atoms with Gasteiger partial charge in [-0.3, -0.25) is 0 Å². The normalized spacial score (nSPS) is 21.0. The van der Waals surface area contributed by atoms with Crippen LogP contribution < -0.4 is 5.32 Å². The van der Waals surface area contributed by atoms with E-state index < -0.39 is 5.60 Å². The zero-order valence-electron chi connectivity index (χ0n) is 16.1. The molecule has 2 rings (SSSR count). The van der Waals surface area contributed by atoms with Crippen molar-refractivity contribution in [3.05, 3.63) is 22.4 Å². The number of nitrogens with zero attached hydrogens (tertiary/aromatic N) is 1. The zero-order chi connectivity index (χ0) is 18.4. The fraction of sp³-hybridized carbons (Fsp3) is 0.737.